The summed E-state index contributed by atoms with van der Waals surface area (Å²) in [5.41, 5.74) is 1.17. The lowest BCUT2D eigenvalue weighted by Crippen LogP contribution is -2.20. The summed E-state index contributed by atoms with van der Waals surface area (Å²) in [5, 5.41) is 9.56. The van der Waals surface area contributed by atoms with E-state index in [1.807, 2.05) is 30.5 Å². The Kier molecular flexibility index (Phi) is 5.38. The summed E-state index contributed by atoms with van der Waals surface area (Å²) in [6.45, 7) is 1.94. The molecule has 1 fully saturated rings. The Balaban J connectivity index is 1.68. The van der Waals surface area contributed by atoms with E-state index in [1.54, 1.807) is 11.3 Å². The summed E-state index contributed by atoms with van der Waals surface area (Å²) in [4.78, 5) is 32.8. The fourth-order valence-corrected chi connectivity index (χ4v) is 4.30. The highest BCUT2D eigenvalue weighted by Gasteiger charge is 2.21. The summed E-state index contributed by atoms with van der Waals surface area (Å²) >= 11 is 1.57. The van der Waals surface area contributed by atoms with Gasteiger partial charge in [-0.25, -0.2) is 4.98 Å². The van der Waals surface area contributed by atoms with Gasteiger partial charge in [-0.1, -0.05) is 25.8 Å². The monoisotopic (exact) mass is 397 g/mol. The van der Waals surface area contributed by atoms with Crippen LogP contribution in [0, 0.1) is 5.92 Å². The SMILES string of the molecule is CCc1cc(=O)[nH]c(-n2nc(-c3cccs3)cc2NC(=O)CC2CCCC2)n1. The largest absolute Gasteiger partial charge is 0.310 e. The molecule has 28 heavy (non-hydrogen) atoms. The quantitative estimate of drug-likeness (QED) is 0.662. The Bertz CT molecular complexity index is 1020. The molecular weight excluding hydrogens is 374 g/mol. The number of carbonyl (C=O) groups is 1. The highest BCUT2D eigenvalue weighted by Crippen LogP contribution is 2.29. The third kappa shape index (κ3) is 4.06. The molecular formula is C20H23N5O2S. The van der Waals surface area contributed by atoms with Gasteiger partial charge in [-0.2, -0.15) is 9.78 Å². The van der Waals surface area contributed by atoms with E-state index in [0.717, 1.165) is 23.4 Å². The maximum atomic E-state index is 12.6. The topological polar surface area (TPSA) is 92.7 Å². The van der Waals surface area contributed by atoms with Crippen molar-refractivity contribution in [3.63, 3.8) is 0 Å². The van der Waals surface area contributed by atoms with E-state index >= 15 is 0 Å². The van der Waals surface area contributed by atoms with Crippen molar-refractivity contribution in [3.8, 4) is 16.5 Å². The molecule has 0 bridgehead atoms. The van der Waals surface area contributed by atoms with Crippen LogP contribution in [-0.2, 0) is 11.2 Å². The van der Waals surface area contributed by atoms with Crippen LogP contribution < -0.4 is 10.9 Å². The molecule has 4 rings (SSSR count). The molecule has 0 saturated heterocycles. The van der Waals surface area contributed by atoms with Crippen molar-refractivity contribution in [3.05, 3.63) is 45.7 Å². The Morgan fingerprint density at radius 2 is 2.18 bits per heavy atom. The highest BCUT2D eigenvalue weighted by atomic mass is 32.1. The lowest BCUT2D eigenvalue weighted by Gasteiger charge is -2.11. The second-order valence-corrected chi connectivity index (χ2v) is 8.07. The van der Waals surface area contributed by atoms with Crippen LogP contribution >= 0.6 is 11.3 Å². The molecule has 1 amide bonds. The maximum Gasteiger partial charge on any atom is 0.252 e. The molecule has 1 aliphatic rings. The number of nitrogens with zero attached hydrogens (tertiary/aromatic N) is 3. The minimum atomic E-state index is -0.238. The van der Waals surface area contributed by atoms with E-state index in [2.05, 4.69) is 20.4 Å². The molecule has 0 aliphatic heterocycles. The molecule has 0 aromatic carbocycles. The van der Waals surface area contributed by atoms with Crippen molar-refractivity contribution in [2.24, 2.45) is 5.92 Å². The van der Waals surface area contributed by atoms with Crippen LogP contribution in [0.15, 0.2) is 34.4 Å². The van der Waals surface area contributed by atoms with Crippen LogP contribution in [0.25, 0.3) is 16.5 Å². The summed E-state index contributed by atoms with van der Waals surface area (Å²) in [5.74, 6) is 1.25. The number of H-pyrrole nitrogens is 1. The first-order valence-electron chi connectivity index (χ1n) is 9.67. The number of aromatic nitrogens is 4. The van der Waals surface area contributed by atoms with Crippen LogP contribution in [-0.4, -0.2) is 25.7 Å². The first-order valence-corrected chi connectivity index (χ1v) is 10.5. The highest BCUT2D eigenvalue weighted by molar-refractivity contribution is 7.13. The molecule has 7 nitrogen and oxygen atoms in total. The lowest BCUT2D eigenvalue weighted by atomic mass is 10.0. The summed E-state index contributed by atoms with van der Waals surface area (Å²) in [7, 11) is 0. The van der Waals surface area contributed by atoms with Gasteiger partial charge in [0.05, 0.1) is 4.88 Å². The van der Waals surface area contributed by atoms with Gasteiger partial charge in [0.15, 0.2) is 0 Å². The zero-order valence-corrected chi connectivity index (χ0v) is 16.6. The fourth-order valence-electron chi connectivity index (χ4n) is 3.62. The fraction of sp³-hybridized carbons (Fsp3) is 0.400. The van der Waals surface area contributed by atoms with E-state index in [0.29, 0.717) is 36.2 Å². The van der Waals surface area contributed by atoms with Gasteiger partial charge in [0.1, 0.15) is 11.5 Å². The Morgan fingerprint density at radius 1 is 1.36 bits per heavy atom. The van der Waals surface area contributed by atoms with E-state index in [-0.39, 0.29) is 11.5 Å². The van der Waals surface area contributed by atoms with Crippen molar-refractivity contribution in [1.29, 1.82) is 0 Å². The first kappa shape index (κ1) is 18.6. The van der Waals surface area contributed by atoms with Gasteiger partial charge in [0.2, 0.25) is 11.9 Å². The van der Waals surface area contributed by atoms with Gasteiger partial charge in [-0.3, -0.25) is 14.6 Å². The number of hydrogen-bond acceptors (Lipinski definition) is 5. The normalized spacial score (nSPS) is 14.5. The minimum Gasteiger partial charge on any atom is -0.310 e. The smallest absolute Gasteiger partial charge is 0.252 e. The summed E-state index contributed by atoms with van der Waals surface area (Å²) in [6, 6.07) is 7.23. The molecule has 1 saturated carbocycles. The van der Waals surface area contributed by atoms with Crippen LogP contribution in [0.2, 0.25) is 0 Å². The van der Waals surface area contributed by atoms with Crippen LogP contribution in [0.5, 0.6) is 0 Å². The second kappa shape index (κ2) is 8.10. The minimum absolute atomic E-state index is 0.0280. The summed E-state index contributed by atoms with van der Waals surface area (Å²) in [6.07, 6.45) is 5.78. The number of hydrogen-bond donors (Lipinski definition) is 2. The molecule has 3 aromatic heterocycles. The number of thiophene rings is 1. The third-order valence-electron chi connectivity index (χ3n) is 5.04. The molecule has 0 radical (unpaired) electrons. The number of aryl methyl sites for hydroxylation is 1. The molecule has 1 aliphatic carbocycles. The molecule has 146 valence electrons. The predicted molar refractivity (Wildman–Crippen MR) is 110 cm³/mol. The third-order valence-corrected chi connectivity index (χ3v) is 5.94. The summed E-state index contributed by atoms with van der Waals surface area (Å²) < 4.78 is 1.52. The van der Waals surface area contributed by atoms with Crippen LogP contribution in [0.4, 0.5) is 5.82 Å². The van der Waals surface area contributed by atoms with E-state index in [9.17, 15) is 9.59 Å². The Hall–Kier alpha value is -2.74. The van der Waals surface area contributed by atoms with Crippen molar-refractivity contribution in [2.45, 2.75) is 45.4 Å². The maximum absolute atomic E-state index is 12.6. The number of anilines is 1. The van der Waals surface area contributed by atoms with Gasteiger partial charge >= 0.3 is 0 Å². The number of amides is 1. The van der Waals surface area contributed by atoms with Crippen molar-refractivity contribution >= 4 is 23.1 Å². The molecule has 3 aromatic rings. The number of rotatable bonds is 6. The van der Waals surface area contributed by atoms with Crippen LogP contribution in [0.1, 0.15) is 44.7 Å². The van der Waals surface area contributed by atoms with Gasteiger partial charge in [-0.15, -0.1) is 11.3 Å². The first-order chi connectivity index (χ1) is 13.6. The lowest BCUT2D eigenvalue weighted by molar-refractivity contribution is -0.117. The number of aromatic amines is 1. The number of carbonyl (C=O) groups excluding carboxylic acids is 1. The average Bonchev–Trinajstić information content (AvgIpc) is 3.42. The molecule has 8 heteroatoms. The van der Waals surface area contributed by atoms with E-state index in [1.165, 1.54) is 23.6 Å². The van der Waals surface area contributed by atoms with Gasteiger partial charge in [0, 0.05) is 24.2 Å². The van der Waals surface area contributed by atoms with E-state index < -0.39 is 0 Å². The molecule has 2 N–H and O–H groups in total. The van der Waals surface area contributed by atoms with Gasteiger partial charge in [-0.05, 0) is 36.6 Å². The second-order valence-electron chi connectivity index (χ2n) is 7.12. The standard InChI is InChI=1S/C20H23N5O2S/c1-2-14-11-19(27)23-20(21-14)25-17(12-15(24-25)16-8-5-9-28-16)22-18(26)10-13-6-3-4-7-13/h5,8-9,11-13H,2-4,6-7,10H2,1H3,(H,22,26)(H,21,23,27). The molecule has 0 atom stereocenters. The zero-order valence-electron chi connectivity index (χ0n) is 15.8. The average molecular weight is 398 g/mol. The predicted octanol–water partition coefficient (Wildman–Crippen LogP) is 3.77. The molecule has 0 unspecified atom stereocenters. The Labute approximate surface area is 166 Å². The Morgan fingerprint density at radius 3 is 2.89 bits per heavy atom. The molecule has 0 spiro atoms. The zero-order chi connectivity index (χ0) is 19.5. The van der Waals surface area contributed by atoms with Crippen molar-refractivity contribution < 1.29 is 4.79 Å². The van der Waals surface area contributed by atoms with Crippen LogP contribution in [0.3, 0.4) is 0 Å². The van der Waals surface area contributed by atoms with Gasteiger partial charge in [0.25, 0.3) is 5.56 Å². The van der Waals surface area contributed by atoms with Crippen molar-refractivity contribution in [1.82, 2.24) is 19.7 Å². The van der Waals surface area contributed by atoms with Crippen molar-refractivity contribution in [2.75, 3.05) is 5.32 Å². The van der Waals surface area contributed by atoms with E-state index in [4.69, 9.17) is 0 Å². The number of nitrogens with one attached hydrogen (secondary N) is 2. The van der Waals surface area contributed by atoms with Gasteiger partial charge < -0.3 is 5.32 Å². The molecule has 3 heterocycles.